The van der Waals surface area contributed by atoms with Gasteiger partial charge in [-0.15, -0.1) is 22.7 Å². The number of fused-ring (bicyclic) bond motifs is 9. The lowest BCUT2D eigenvalue weighted by molar-refractivity contribution is 0.587. The van der Waals surface area contributed by atoms with E-state index < -0.39 is 0 Å². The van der Waals surface area contributed by atoms with E-state index in [-0.39, 0.29) is 0 Å². The molecule has 1 unspecified atom stereocenters. The first-order chi connectivity index (χ1) is 23.2. The maximum atomic E-state index is 6.52. The van der Waals surface area contributed by atoms with Crippen molar-refractivity contribution in [3.63, 3.8) is 0 Å². The first-order valence-electron chi connectivity index (χ1n) is 16.2. The highest BCUT2D eigenvalue weighted by Crippen LogP contribution is 2.49. The number of allylic oxidation sites excluding steroid dienone is 1. The fourth-order valence-corrected chi connectivity index (χ4v) is 9.94. The zero-order valence-corrected chi connectivity index (χ0v) is 27.4. The molecule has 1 atom stereocenters. The summed E-state index contributed by atoms with van der Waals surface area (Å²) in [7, 11) is 0. The molecule has 1 aliphatic carbocycles. The third-order valence-corrected chi connectivity index (χ3v) is 12.1. The second-order valence-electron chi connectivity index (χ2n) is 12.5. The van der Waals surface area contributed by atoms with Crippen molar-refractivity contribution < 1.29 is 4.42 Å². The van der Waals surface area contributed by atoms with E-state index >= 15 is 0 Å². The molecule has 1 aliphatic rings. The van der Waals surface area contributed by atoms with Gasteiger partial charge in [0, 0.05) is 53.1 Å². The molecule has 3 aromatic heterocycles. The molecule has 6 aromatic carbocycles. The fraction of sp³-hybridized carbons (Fsp3) is 0.0698. The second kappa shape index (κ2) is 10.4. The van der Waals surface area contributed by atoms with Gasteiger partial charge in [0.1, 0.15) is 11.3 Å². The Balaban J connectivity index is 1.19. The van der Waals surface area contributed by atoms with Crippen molar-refractivity contribution in [2.75, 3.05) is 4.90 Å². The molecule has 0 N–H and O–H groups in total. The second-order valence-corrected chi connectivity index (χ2v) is 14.6. The van der Waals surface area contributed by atoms with Crippen LogP contribution in [-0.2, 0) is 0 Å². The molecule has 3 heterocycles. The molecular weight excluding hydrogens is 611 g/mol. The van der Waals surface area contributed by atoms with E-state index in [1.165, 1.54) is 62.7 Å². The summed E-state index contributed by atoms with van der Waals surface area (Å²) < 4.78 is 11.7. The molecular formula is C43H29NOS2. The summed E-state index contributed by atoms with van der Waals surface area (Å²) in [6.45, 7) is 2.29. The van der Waals surface area contributed by atoms with Crippen LogP contribution in [0.4, 0.5) is 17.1 Å². The van der Waals surface area contributed by atoms with Crippen molar-refractivity contribution in [1.29, 1.82) is 0 Å². The maximum absolute atomic E-state index is 6.52. The number of hydrogen-bond acceptors (Lipinski definition) is 4. The van der Waals surface area contributed by atoms with Crippen LogP contribution in [0.5, 0.6) is 0 Å². The lowest BCUT2D eigenvalue weighted by atomic mass is 9.90. The third-order valence-electron chi connectivity index (χ3n) is 9.72. The minimum Gasteiger partial charge on any atom is -0.456 e. The summed E-state index contributed by atoms with van der Waals surface area (Å²) in [5.41, 5.74) is 8.12. The van der Waals surface area contributed by atoms with Gasteiger partial charge in [-0.25, -0.2) is 0 Å². The van der Waals surface area contributed by atoms with Gasteiger partial charge in [-0.05, 0) is 60.4 Å². The molecule has 0 bridgehead atoms. The molecule has 0 fully saturated rings. The molecule has 10 rings (SSSR count). The number of rotatable bonds is 4. The Morgan fingerprint density at radius 1 is 0.596 bits per heavy atom. The topological polar surface area (TPSA) is 16.4 Å². The maximum Gasteiger partial charge on any atom is 0.142 e. The zero-order chi connectivity index (χ0) is 31.1. The molecule has 0 saturated heterocycles. The predicted octanol–water partition coefficient (Wildman–Crippen LogP) is 13.8. The summed E-state index contributed by atoms with van der Waals surface area (Å²) in [5, 5.41) is 6.44. The van der Waals surface area contributed by atoms with Gasteiger partial charge in [0.15, 0.2) is 0 Å². The Labute approximate surface area is 280 Å². The van der Waals surface area contributed by atoms with Crippen molar-refractivity contribution >= 4 is 97.1 Å². The smallest absolute Gasteiger partial charge is 0.142 e. The highest BCUT2D eigenvalue weighted by Gasteiger charge is 2.24. The molecule has 0 saturated carbocycles. The van der Waals surface area contributed by atoms with Crippen LogP contribution in [0.25, 0.3) is 68.5 Å². The van der Waals surface area contributed by atoms with Crippen molar-refractivity contribution in [3.8, 4) is 11.1 Å². The molecule has 0 amide bonds. The lowest BCUT2D eigenvalue weighted by Crippen LogP contribution is -2.10. The number of para-hydroxylation sites is 1. The van der Waals surface area contributed by atoms with Gasteiger partial charge in [0.25, 0.3) is 0 Å². The van der Waals surface area contributed by atoms with Crippen LogP contribution in [0.2, 0.25) is 0 Å². The van der Waals surface area contributed by atoms with Crippen LogP contribution < -0.4 is 4.90 Å². The quantitative estimate of drug-likeness (QED) is 0.190. The van der Waals surface area contributed by atoms with Crippen molar-refractivity contribution in [3.05, 3.63) is 145 Å². The minimum atomic E-state index is 0.454. The molecule has 9 aromatic rings. The van der Waals surface area contributed by atoms with Gasteiger partial charge in [0.2, 0.25) is 0 Å². The summed E-state index contributed by atoms with van der Waals surface area (Å²) in [6, 6.07) is 46.6. The number of benzene rings is 6. The van der Waals surface area contributed by atoms with E-state index in [2.05, 4.69) is 151 Å². The highest BCUT2D eigenvalue weighted by atomic mass is 32.1. The Kier molecular flexibility index (Phi) is 5.99. The van der Waals surface area contributed by atoms with Crippen LogP contribution >= 0.6 is 22.7 Å². The largest absolute Gasteiger partial charge is 0.456 e. The van der Waals surface area contributed by atoms with Gasteiger partial charge >= 0.3 is 0 Å². The number of nitrogens with zero attached hydrogens (tertiary/aromatic N) is 1. The van der Waals surface area contributed by atoms with Gasteiger partial charge in [-0.2, -0.15) is 0 Å². The minimum absolute atomic E-state index is 0.454. The Morgan fingerprint density at radius 2 is 1.17 bits per heavy atom. The van der Waals surface area contributed by atoms with Crippen LogP contribution in [0.3, 0.4) is 0 Å². The summed E-state index contributed by atoms with van der Waals surface area (Å²) >= 11 is 3.75. The molecule has 0 spiro atoms. The lowest BCUT2D eigenvalue weighted by Gasteiger charge is -2.27. The van der Waals surface area contributed by atoms with E-state index in [0.717, 1.165) is 34.6 Å². The number of anilines is 3. The average molecular weight is 640 g/mol. The molecule has 224 valence electrons. The Bertz CT molecular complexity index is 2570. The standard InChI is InChI=1S/C43H29NOS2/c1-26-10-6-19-37-40(26)34-16-7-13-29(41(34)45-37)27-22-24-28(25-23-27)44(35-17-8-14-32-30-11-2-4-20-38(30)46-42(32)35)36-18-9-15-33-31-12-3-5-21-39(31)47-43(33)36/h2-9,11-26H,10H2,1H3. The SMILES string of the molecule is CC1CC=Cc2oc3c(-c4ccc(N(c5cccc6c5sc5ccccc56)c5cccc6c5sc5ccccc56)cc4)cccc3c21. The van der Waals surface area contributed by atoms with Crippen LogP contribution in [0, 0.1) is 0 Å². The number of thiophene rings is 2. The molecule has 0 aliphatic heterocycles. The predicted molar refractivity (Wildman–Crippen MR) is 204 cm³/mol. The average Bonchev–Trinajstić information content (AvgIpc) is 3.81. The van der Waals surface area contributed by atoms with Crippen molar-refractivity contribution in [1.82, 2.24) is 0 Å². The first-order valence-corrected chi connectivity index (χ1v) is 17.8. The summed E-state index contributed by atoms with van der Waals surface area (Å²) in [6.07, 6.45) is 5.42. The van der Waals surface area contributed by atoms with Crippen molar-refractivity contribution in [2.24, 2.45) is 0 Å². The Hall–Kier alpha value is -5.16. The zero-order valence-electron chi connectivity index (χ0n) is 25.7. The van der Waals surface area contributed by atoms with E-state index in [0.29, 0.717) is 5.92 Å². The third kappa shape index (κ3) is 4.08. The van der Waals surface area contributed by atoms with Crippen LogP contribution in [-0.4, -0.2) is 0 Å². The van der Waals surface area contributed by atoms with E-state index in [1.54, 1.807) is 0 Å². The number of hydrogen-bond donors (Lipinski definition) is 0. The Morgan fingerprint density at radius 3 is 1.83 bits per heavy atom. The molecule has 47 heavy (non-hydrogen) atoms. The summed E-state index contributed by atoms with van der Waals surface area (Å²) in [4.78, 5) is 2.47. The van der Waals surface area contributed by atoms with Gasteiger partial charge < -0.3 is 9.32 Å². The number of furan rings is 1. The first kappa shape index (κ1) is 27.0. The highest BCUT2D eigenvalue weighted by molar-refractivity contribution is 7.27. The van der Waals surface area contributed by atoms with Crippen LogP contribution in [0.1, 0.15) is 30.6 Å². The fourth-order valence-electron chi connectivity index (χ4n) is 7.53. The summed E-state index contributed by atoms with van der Waals surface area (Å²) in [5.74, 6) is 1.46. The monoisotopic (exact) mass is 639 g/mol. The van der Waals surface area contributed by atoms with Crippen molar-refractivity contribution in [2.45, 2.75) is 19.3 Å². The van der Waals surface area contributed by atoms with Crippen LogP contribution in [0.15, 0.2) is 138 Å². The van der Waals surface area contributed by atoms with E-state index in [1.807, 2.05) is 22.7 Å². The van der Waals surface area contributed by atoms with Gasteiger partial charge in [-0.1, -0.05) is 104 Å². The molecule has 2 nitrogen and oxygen atoms in total. The molecule has 0 radical (unpaired) electrons. The van der Waals surface area contributed by atoms with Gasteiger partial charge in [0.05, 0.1) is 20.8 Å². The normalized spacial score (nSPS) is 14.5. The van der Waals surface area contributed by atoms with E-state index in [4.69, 9.17) is 4.42 Å². The van der Waals surface area contributed by atoms with Gasteiger partial charge in [-0.3, -0.25) is 0 Å². The van der Waals surface area contributed by atoms with E-state index in [9.17, 15) is 0 Å². The molecule has 4 heteroatoms.